The summed E-state index contributed by atoms with van der Waals surface area (Å²) in [7, 11) is 0. The molecule has 132 valence electrons. The number of carbonyl (C=O) groups excluding carboxylic acids is 1. The number of hydrogen-bond acceptors (Lipinski definition) is 3. The fourth-order valence-electron chi connectivity index (χ4n) is 2.21. The molecular weight excluding hydrogens is 302 g/mol. The van der Waals surface area contributed by atoms with Gasteiger partial charge in [0, 0.05) is 17.4 Å². The van der Waals surface area contributed by atoms with E-state index in [0.717, 1.165) is 5.56 Å². The molecule has 0 aliphatic heterocycles. The van der Waals surface area contributed by atoms with Crippen molar-refractivity contribution >= 4 is 5.97 Å². The molecule has 0 saturated carbocycles. The lowest BCUT2D eigenvalue weighted by atomic mass is 9.86. The van der Waals surface area contributed by atoms with E-state index in [-0.39, 0.29) is 23.9 Å². The average molecular weight is 331 g/mol. The highest BCUT2D eigenvalue weighted by Gasteiger charge is 2.24. The minimum Gasteiger partial charge on any atom is -0.465 e. The van der Waals surface area contributed by atoms with Crippen LogP contribution in [0, 0.1) is 11.3 Å². The van der Waals surface area contributed by atoms with E-state index in [1.165, 1.54) is 5.56 Å². The molecule has 0 unspecified atom stereocenters. The Hall–Kier alpha value is -2.00. The number of ether oxygens (including phenoxy) is 1. The number of esters is 1. The normalized spacial score (nSPS) is 13.1. The molecule has 0 N–H and O–H groups in total. The lowest BCUT2D eigenvalue weighted by Gasteiger charge is -2.21. The second-order valence-electron chi connectivity index (χ2n) is 8.28. The van der Waals surface area contributed by atoms with Crippen LogP contribution in [0.15, 0.2) is 29.4 Å². The maximum Gasteiger partial charge on any atom is 0.311 e. The van der Waals surface area contributed by atoms with Gasteiger partial charge in [-0.15, -0.1) is 0 Å². The smallest absolute Gasteiger partial charge is 0.311 e. The molecule has 0 amide bonds. The van der Waals surface area contributed by atoms with Crippen LogP contribution in [0.1, 0.15) is 52.7 Å². The quantitative estimate of drug-likeness (QED) is 0.317. The van der Waals surface area contributed by atoms with Crippen LogP contribution in [-0.4, -0.2) is 19.1 Å². The van der Waals surface area contributed by atoms with Gasteiger partial charge in [0.1, 0.15) is 0 Å². The van der Waals surface area contributed by atoms with Gasteiger partial charge in [0.15, 0.2) is 0 Å². The van der Waals surface area contributed by atoms with Gasteiger partial charge in [0.25, 0.3) is 0 Å². The molecule has 5 heteroatoms. The van der Waals surface area contributed by atoms with Crippen molar-refractivity contribution in [2.24, 2.45) is 16.4 Å². The Morgan fingerprint density at radius 2 is 1.75 bits per heavy atom. The summed E-state index contributed by atoms with van der Waals surface area (Å²) in [6, 6.07) is 8.44. The van der Waals surface area contributed by atoms with Gasteiger partial charge in [-0.05, 0) is 49.3 Å². The van der Waals surface area contributed by atoms with Gasteiger partial charge in [-0.1, -0.05) is 50.2 Å². The summed E-state index contributed by atoms with van der Waals surface area (Å²) in [6.45, 7) is 12.6. The molecule has 1 aromatic carbocycles. The Morgan fingerprint density at radius 1 is 1.17 bits per heavy atom. The first-order chi connectivity index (χ1) is 11.0. The summed E-state index contributed by atoms with van der Waals surface area (Å²) in [5, 5.41) is 3.65. The highest BCUT2D eigenvalue weighted by atomic mass is 16.5. The van der Waals surface area contributed by atoms with Gasteiger partial charge in [0.05, 0.1) is 12.0 Å². The number of nitrogens with zero attached hydrogens (tertiary/aromatic N) is 3. The Bertz CT molecular complexity index is 589. The minimum atomic E-state index is -0.530. The van der Waals surface area contributed by atoms with Crippen molar-refractivity contribution in [2.45, 2.75) is 53.4 Å². The lowest BCUT2D eigenvalue weighted by Crippen LogP contribution is -2.27. The maximum absolute atomic E-state index is 11.9. The second kappa shape index (κ2) is 8.20. The molecule has 1 rings (SSSR count). The van der Waals surface area contributed by atoms with Crippen molar-refractivity contribution in [3.8, 4) is 0 Å². The van der Waals surface area contributed by atoms with Crippen molar-refractivity contribution in [1.82, 2.24) is 0 Å². The number of benzene rings is 1. The first-order valence-corrected chi connectivity index (χ1v) is 8.31. The molecule has 24 heavy (non-hydrogen) atoms. The van der Waals surface area contributed by atoms with Crippen molar-refractivity contribution in [3.05, 3.63) is 45.8 Å². The van der Waals surface area contributed by atoms with Crippen LogP contribution in [0.5, 0.6) is 0 Å². The van der Waals surface area contributed by atoms with E-state index in [9.17, 15) is 4.79 Å². The van der Waals surface area contributed by atoms with Gasteiger partial charge in [0.2, 0.25) is 0 Å². The highest BCUT2D eigenvalue weighted by Crippen LogP contribution is 2.23. The molecule has 0 aliphatic carbocycles. The third kappa shape index (κ3) is 6.63. The zero-order chi connectivity index (χ0) is 18.4. The topological polar surface area (TPSA) is 75.1 Å². The highest BCUT2D eigenvalue weighted by molar-refractivity contribution is 5.75. The van der Waals surface area contributed by atoms with Crippen LogP contribution in [0.4, 0.5) is 0 Å². The first-order valence-electron chi connectivity index (χ1n) is 8.31. The van der Waals surface area contributed by atoms with E-state index in [1.807, 2.05) is 20.8 Å². The third-order valence-corrected chi connectivity index (χ3v) is 3.81. The molecule has 1 atom stereocenters. The number of carbonyl (C=O) groups is 1. The molecule has 5 nitrogen and oxygen atoms in total. The van der Waals surface area contributed by atoms with Crippen molar-refractivity contribution in [1.29, 1.82) is 0 Å². The van der Waals surface area contributed by atoms with Gasteiger partial charge >= 0.3 is 5.97 Å². The summed E-state index contributed by atoms with van der Waals surface area (Å²) < 4.78 is 5.39. The minimum absolute atomic E-state index is 0.0207. The van der Waals surface area contributed by atoms with E-state index in [4.69, 9.17) is 10.3 Å². The maximum atomic E-state index is 11.9. The monoisotopic (exact) mass is 331 g/mol. The molecule has 0 bridgehead atoms. The summed E-state index contributed by atoms with van der Waals surface area (Å²) in [5.41, 5.74) is 10.6. The van der Waals surface area contributed by atoms with Gasteiger partial charge < -0.3 is 4.74 Å². The largest absolute Gasteiger partial charge is 0.465 e. The number of hydrogen-bond donors (Lipinski definition) is 0. The van der Waals surface area contributed by atoms with Gasteiger partial charge in [-0.3, -0.25) is 4.79 Å². The molecule has 0 saturated heterocycles. The van der Waals surface area contributed by atoms with Crippen molar-refractivity contribution < 1.29 is 9.53 Å². The lowest BCUT2D eigenvalue weighted by molar-refractivity contribution is -0.154. The fraction of sp³-hybridized carbons (Fsp3) is 0.632. The zero-order valence-corrected chi connectivity index (χ0v) is 15.7. The Balaban J connectivity index is 2.75. The van der Waals surface area contributed by atoms with Crippen LogP contribution < -0.4 is 0 Å². The number of rotatable bonds is 6. The van der Waals surface area contributed by atoms with Crippen LogP contribution in [0.2, 0.25) is 0 Å². The van der Waals surface area contributed by atoms with Crippen LogP contribution in [0.25, 0.3) is 10.4 Å². The SMILES string of the molecule is CC(C)(C)C(=O)OC[C@H](CN=[N+]=[N-])Cc1ccc(C(C)(C)C)cc1. The molecule has 0 spiro atoms. The molecule has 0 heterocycles. The van der Waals surface area contributed by atoms with Crippen LogP contribution in [-0.2, 0) is 21.4 Å². The Morgan fingerprint density at radius 3 is 2.21 bits per heavy atom. The van der Waals surface area contributed by atoms with Crippen LogP contribution >= 0.6 is 0 Å². The fourth-order valence-corrected chi connectivity index (χ4v) is 2.21. The molecule has 0 fully saturated rings. The summed E-state index contributed by atoms with van der Waals surface area (Å²) in [4.78, 5) is 14.7. The molecule has 1 aromatic rings. The average Bonchev–Trinajstić information content (AvgIpc) is 2.48. The van der Waals surface area contributed by atoms with E-state index in [0.29, 0.717) is 13.0 Å². The molecule has 0 aliphatic rings. The summed E-state index contributed by atoms with van der Waals surface area (Å²) in [5.74, 6) is -0.260. The van der Waals surface area contributed by atoms with Crippen LogP contribution in [0.3, 0.4) is 0 Å². The molecule has 0 aromatic heterocycles. The molecular formula is C19H29N3O2. The predicted octanol–water partition coefficient (Wildman–Crippen LogP) is 5.04. The van der Waals surface area contributed by atoms with Crippen molar-refractivity contribution in [2.75, 3.05) is 13.2 Å². The van der Waals surface area contributed by atoms with Crippen molar-refractivity contribution in [3.63, 3.8) is 0 Å². The third-order valence-electron chi connectivity index (χ3n) is 3.81. The van der Waals surface area contributed by atoms with E-state index in [1.54, 1.807) is 0 Å². The van der Waals surface area contributed by atoms with Gasteiger partial charge in [-0.2, -0.15) is 0 Å². The molecule has 0 radical (unpaired) electrons. The first kappa shape index (κ1) is 20.0. The van der Waals surface area contributed by atoms with Gasteiger partial charge in [-0.25, -0.2) is 0 Å². The summed E-state index contributed by atoms with van der Waals surface area (Å²) in [6.07, 6.45) is 0.709. The second-order valence-corrected chi connectivity index (χ2v) is 8.28. The zero-order valence-electron chi connectivity index (χ0n) is 15.7. The Kier molecular flexibility index (Phi) is 6.85. The summed E-state index contributed by atoms with van der Waals surface area (Å²) >= 11 is 0. The standard InChI is InChI=1S/C19H29N3O2/c1-18(2,3)16-9-7-14(8-10-16)11-15(12-21-22-20)13-24-17(23)19(4,5)6/h7-10,15H,11-13H2,1-6H3/t15-/m0/s1. The van der Waals surface area contributed by atoms with E-state index in [2.05, 4.69) is 55.1 Å². The van der Waals surface area contributed by atoms with E-state index < -0.39 is 5.41 Å². The Labute approximate surface area is 145 Å². The number of azide groups is 1. The predicted molar refractivity (Wildman–Crippen MR) is 96.8 cm³/mol. The van der Waals surface area contributed by atoms with E-state index >= 15 is 0 Å².